The summed E-state index contributed by atoms with van der Waals surface area (Å²) in [6.45, 7) is 8.23. The number of piperazine rings is 1. The number of esters is 1. The number of non-ortho nitro benzene ring substituents is 1. The number of hydrogen-bond acceptors (Lipinski definition) is 8. The molecule has 2 aliphatic rings. The van der Waals surface area contributed by atoms with E-state index in [1.165, 1.54) is 11.8 Å². The van der Waals surface area contributed by atoms with E-state index in [0.717, 1.165) is 37.5 Å². The molecule has 2 aromatic carbocycles. The van der Waals surface area contributed by atoms with Crippen LogP contribution in [0.3, 0.4) is 0 Å². The van der Waals surface area contributed by atoms with E-state index in [1.54, 1.807) is 31.5 Å². The molecule has 1 fully saturated rings. The topological polar surface area (TPSA) is 101 Å². The normalized spacial score (nSPS) is 19.8. The number of benzene rings is 2. The molecule has 0 N–H and O–H groups in total. The number of carbonyl (C=O) groups excluding carboxylic acids is 1. The van der Waals surface area contributed by atoms with E-state index in [-0.39, 0.29) is 18.2 Å². The van der Waals surface area contributed by atoms with Crippen molar-refractivity contribution in [1.82, 2.24) is 9.88 Å². The van der Waals surface area contributed by atoms with E-state index in [1.807, 2.05) is 31.2 Å². The van der Waals surface area contributed by atoms with Crippen molar-refractivity contribution >= 4 is 23.1 Å². The van der Waals surface area contributed by atoms with Gasteiger partial charge in [-0.05, 0) is 49.2 Å². The molecule has 9 heteroatoms. The Morgan fingerprint density at radius 2 is 1.68 bits per heavy atom. The molecule has 0 amide bonds. The average molecular weight is 540 g/mol. The van der Waals surface area contributed by atoms with Crippen LogP contribution in [0.2, 0.25) is 0 Å². The van der Waals surface area contributed by atoms with E-state index >= 15 is 0 Å². The van der Waals surface area contributed by atoms with Gasteiger partial charge in [0.15, 0.2) is 0 Å². The largest absolute Gasteiger partial charge is 0.461 e. The number of nitro groups is 1. The van der Waals surface area contributed by atoms with Gasteiger partial charge in [-0.2, -0.15) is 0 Å². The third-order valence-corrected chi connectivity index (χ3v) is 7.69. The SMILES string of the molecule is CC1=NC(C)=C(C(=O)OCCN2CCN(c3ccccc3)CC2)C(c2cccc([N+](=O)[O-])c2)C1c1ccncc1. The first-order chi connectivity index (χ1) is 19.4. The summed E-state index contributed by atoms with van der Waals surface area (Å²) in [5.74, 6) is -1.21. The van der Waals surface area contributed by atoms with Crippen molar-refractivity contribution in [2.75, 3.05) is 44.2 Å². The number of ether oxygens (including phenoxy) is 1. The van der Waals surface area contributed by atoms with Crippen molar-refractivity contribution in [3.05, 3.63) is 112 Å². The molecule has 3 aromatic rings. The number of anilines is 1. The van der Waals surface area contributed by atoms with E-state index in [2.05, 4.69) is 39.0 Å². The Balaban J connectivity index is 1.33. The van der Waals surface area contributed by atoms with Crippen LogP contribution in [0, 0.1) is 10.1 Å². The molecule has 206 valence electrons. The number of aromatic nitrogens is 1. The summed E-state index contributed by atoms with van der Waals surface area (Å²) in [4.78, 5) is 38.4. The van der Waals surface area contributed by atoms with Gasteiger partial charge in [0.1, 0.15) is 6.61 Å². The summed E-state index contributed by atoms with van der Waals surface area (Å²) in [6, 6.07) is 20.7. The van der Waals surface area contributed by atoms with Crippen LogP contribution in [-0.4, -0.2) is 65.8 Å². The van der Waals surface area contributed by atoms with Crippen LogP contribution in [0.5, 0.6) is 0 Å². The van der Waals surface area contributed by atoms with E-state index in [9.17, 15) is 14.9 Å². The maximum Gasteiger partial charge on any atom is 0.336 e. The Labute approximate surface area is 234 Å². The molecule has 5 rings (SSSR count). The minimum atomic E-state index is -0.485. The highest BCUT2D eigenvalue weighted by Crippen LogP contribution is 2.45. The van der Waals surface area contributed by atoms with Gasteiger partial charge in [-0.3, -0.25) is 25.0 Å². The Hall–Kier alpha value is -4.37. The summed E-state index contributed by atoms with van der Waals surface area (Å²) >= 11 is 0. The highest BCUT2D eigenvalue weighted by molar-refractivity contribution is 5.99. The number of nitrogens with zero attached hydrogens (tertiary/aromatic N) is 5. The van der Waals surface area contributed by atoms with Crippen molar-refractivity contribution in [1.29, 1.82) is 0 Å². The second-order valence-electron chi connectivity index (χ2n) is 10.1. The molecule has 40 heavy (non-hydrogen) atoms. The zero-order chi connectivity index (χ0) is 28.1. The van der Waals surface area contributed by atoms with Gasteiger partial charge in [0.25, 0.3) is 5.69 Å². The van der Waals surface area contributed by atoms with Crippen molar-refractivity contribution in [2.45, 2.75) is 25.7 Å². The standard InChI is InChI=1S/C31H33N5O4/c1-22-28(24-11-13-32-14-12-24)30(25-7-6-10-27(21-25)36(38)39)29(23(2)33-22)31(37)40-20-19-34-15-17-35(18-16-34)26-8-4-3-5-9-26/h3-14,21,28,30H,15-20H2,1-2H3. The van der Waals surface area contributed by atoms with Crippen LogP contribution in [0.25, 0.3) is 0 Å². The first-order valence-corrected chi connectivity index (χ1v) is 13.5. The lowest BCUT2D eigenvalue weighted by Crippen LogP contribution is -2.47. The molecule has 2 unspecified atom stereocenters. The summed E-state index contributed by atoms with van der Waals surface area (Å²) < 4.78 is 5.85. The predicted octanol–water partition coefficient (Wildman–Crippen LogP) is 4.97. The Morgan fingerprint density at radius 3 is 2.38 bits per heavy atom. The van der Waals surface area contributed by atoms with Gasteiger partial charge >= 0.3 is 5.97 Å². The first kappa shape index (κ1) is 27.2. The van der Waals surface area contributed by atoms with Crippen molar-refractivity contribution in [2.24, 2.45) is 4.99 Å². The maximum atomic E-state index is 13.7. The summed E-state index contributed by atoms with van der Waals surface area (Å²) in [6.07, 6.45) is 3.40. The molecule has 1 saturated heterocycles. The predicted molar refractivity (Wildman–Crippen MR) is 155 cm³/mol. The van der Waals surface area contributed by atoms with Crippen LogP contribution >= 0.6 is 0 Å². The van der Waals surface area contributed by atoms with E-state index in [0.29, 0.717) is 23.4 Å². The number of para-hydroxylation sites is 1. The lowest BCUT2D eigenvalue weighted by atomic mass is 9.72. The number of rotatable bonds is 8. The fourth-order valence-corrected chi connectivity index (χ4v) is 5.71. The number of aliphatic imine (C=N–C) groups is 1. The van der Waals surface area contributed by atoms with Gasteiger partial charge in [0, 0.05) is 86.2 Å². The Bertz CT molecular complexity index is 1420. The summed E-state index contributed by atoms with van der Waals surface area (Å²) in [5.41, 5.74) is 4.64. The fraction of sp³-hybridized carbons (Fsp3) is 0.323. The molecule has 0 spiro atoms. The quantitative estimate of drug-likeness (QED) is 0.226. The van der Waals surface area contributed by atoms with E-state index in [4.69, 9.17) is 9.73 Å². The summed E-state index contributed by atoms with van der Waals surface area (Å²) in [7, 11) is 0. The van der Waals surface area contributed by atoms with Crippen LogP contribution in [-0.2, 0) is 9.53 Å². The second-order valence-corrected chi connectivity index (χ2v) is 10.1. The van der Waals surface area contributed by atoms with Crippen LogP contribution in [0.4, 0.5) is 11.4 Å². The third-order valence-electron chi connectivity index (χ3n) is 7.69. The fourth-order valence-electron chi connectivity index (χ4n) is 5.71. The average Bonchev–Trinajstić information content (AvgIpc) is 2.98. The minimum Gasteiger partial charge on any atom is -0.461 e. The number of pyridine rings is 1. The molecule has 0 bridgehead atoms. The summed E-state index contributed by atoms with van der Waals surface area (Å²) in [5, 5.41) is 11.6. The molecule has 0 aliphatic carbocycles. The Kier molecular flexibility index (Phi) is 8.31. The molecule has 2 atom stereocenters. The number of allylic oxidation sites excluding steroid dienone is 1. The van der Waals surface area contributed by atoms with Crippen LogP contribution in [0.1, 0.15) is 36.8 Å². The Morgan fingerprint density at radius 1 is 0.950 bits per heavy atom. The van der Waals surface area contributed by atoms with Gasteiger partial charge in [-0.25, -0.2) is 4.79 Å². The van der Waals surface area contributed by atoms with E-state index < -0.39 is 16.8 Å². The van der Waals surface area contributed by atoms with Crippen molar-refractivity contribution < 1.29 is 14.5 Å². The smallest absolute Gasteiger partial charge is 0.336 e. The monoisotopic (exact) mass is 539 g/mol. The molecule has 1 aromatic heterocycles. The third kappa shape index (κ3) is 5.94. The number of hydrogen-bond donors (Lipinski definition) is 0. The molecule has 0 radical (unpaired) electrons. The van der Waals surface area contributed by atoms with Gasteiger partial charge in [0.2, 0.25) is 0 Å². The molecule has 9 nitrogen and oxygen atoms in total. The number of nitro benzene ring substituents is 1. The first-order valence-electron chi connectivity index (χ1n) is 13.5. The lowest BCUT2D eigenvalue weighted by molar-refractivity contribution is -0.384. The highest BCUT2D eigenvalue weighted by atomic mass is 16.6. The molecular weight excluding hydrogens is 506 g/mol. The minimum absolute atomic E-state index is 0.0221. The van der Waals surface area contributed by atoms with Gasteiger partial charge in [-0.1, -0.05) is 30.3 Å². The maximum absolute atomic E-state index is 13.7. The van der Waals surface area contributed by atoms with Gasteiger partial charge in [0.05, 0.1) is 10.5 Å². The van der Waals surface area contributed by atoms with Crippen molar-refractivity contribution in [3.63, 3.8) is 0 Å². The van der Waals surface area contributed by atoms with Gasteiger partial charge in [-0.15, -0.1) is 0 Å². The zero-order valence-electron chi connectivity index (χ0n) is 22.8. The molecule has 3 heterocycles. The molecule has 0 saturated carbocycles. The van der Waals surface area contributed by atoms with Gasteiger partial charge < -0.3 is 9.64 Å². The van der Waals surface area contributed by atoms with Crippen LogP contribution < -0.4 is 4.90 Å². The highest BCUT2D eigenvalue weighted by Gasteiger charge is 2.39. The molecule has 2 aliphatic heterocycles. The van der Waals surface area contributed by atoms with Crippen LogP contribution in [0.15, 0.2) is 95.4 Å². The molecular formula is C31H33N5O4. The zero-order valence-corrected chi connectivity index (χ0v) is 22.8. The lowest BCUT2D eigenvalue weighted by Gasteiger charge is -2.36. The number of carbonyl (C=O) groups is 1. The second kappa shape index (κ2) is 12.2. The van der Waals surface area contributed by atoms with Crippen molar-refractivity contribution in [3.8, 4) is 0 Å².